The highest BCUT2D eigenvalue weighted by atomic mass is 19.2. The van der Waals surface area contributed by atoms with E-state index in [1.54, 1.807) is 0 Å². The van der Waals surface area contributed by atoms with E-state index in [4.69, 9.17) is 9.47 Å². The molecule has 20 heavy (non-hydrogen) atoms. The number of fused-ring (bicyclic) bond motifs is 2. The van der Waals surface area contributed by atoms with Crippen molar-refractivity contribution < 1.29 is 18.3 Å². The molecule has 5 heteroatoms. The van der Waals surface area contributed by atoms with Crippen molar-refractivity contribution in [3.63, 3.8) is 0 Å². The fourth-order valence-electron chi connectivity index (χ4n) is 2.90. The number of likely N-dealkylation sites (N-methyl/N-ethyl adjacent to an activating group) is 1. The van der Waals surface area contributed by atoms with Gasteiger partial charge in [0.2, 0.25) is 0 Å². The molecule has 2 aliphatic heterocycles. The third kappa shape index (κ3) is 2.21. The Hall–Kier alpha value is -1.46. The highest BCUT2D eigenvalue weighted by molar-refractivity contribution is 5.72. The Morgan fingerprint density at radius 2 is 2.00 bits per heavy atom. The van der Waals surface area contributed by atoms with Gasteiger partial charge in [0.15, 0.2) is 11.6 Å². The topological polar surface area (TPSA) is 21.7 Å². The van der Waals surface area contributed by atoms with Gasteiger partial charge in [0, 0.05) is 17.7 Å². The van der Waals surface area contributed by atoms with Crippen molar-refractivity contribution in [3.05, 3.63) is 35.4 Å². The van der Waals surface area contributed by atoms with E-state index in [9.17, 15) is 8.78 Å². The standard InChI is InChI=1S/C15H17F2NO2/c1-18-10-3-9(4-11(18)8-20-7-10)12-5-13(16)14(17)6-15(12)19-2/h3,5-6,10-11H,4,7-8H2,1-2H3. The second-order valence-electron chi connectivity index (χ2n) is 5.29. The van der Waals surface area contributed by atoms with Crippen LogP contribution in [-0.2, 0) is 4.74 Å². The molecule has 2 atom stereocenters. The molecule has 2 unspecified atom stereocenters. The van der Waals surface area contributed by atoms with Crippen molar-refractivity contribution in [1.82, 2.24) is 4.90 Å². The lowest BCUT2D eigenvalue weighted by atomic mass is 9.89. The van der Waals surface area contributed by atoms with Crippen molar-refractivity contribution in [2.24, 2.45) is 0 Å². The zero-order valence-corrected chi connectivity index (χ0v) is 11.5. The lowest BCUT2D eigenvalue weighted by Gasteiger charge is -2.42. The normalized spacial score (nSPS) is 26.3. The number of halogens is 2. The first-order valence-electron chi connectivity index (χ1n) is 6.64. The predicted molar refractivity (Wildman–Crippen MR) is 71.7 cm³/mol. The molecule has 108 valence electrons. The zero-order chi connectivity index (χ0) is 14.3. The van der Waals surface area contributed by atoms with Crippen molar-refractivity contribution in [2.45, 2.75) is 18.5 Å². The van der Waals surface area contributed by atoms with Crippen molar-refractivity contribution in [3.8, 4) is 5.75 Å². The summed E-state index contributed by atoms with van der Waals surface area (Å²) in [5.41, 5.74) is 1.63. The third-order valence-corrected chi connectivity index (χ3v) is 4.14. The summed E-state index contributed by atoms with van der Waals surface area (Å²) < 4.78 is 37.6. The maximum absolute atomic E-state index is 13.5. The Balaban J connectivity index is 2.03. The summed E-state index contributed by atoms with van der Waals surface area (Å²) in [5.74, 6) is -1.36. The Labute approximate surface area is 116 Å². The first kappa shape index (κ1) is 13.5. The smallest absolute Gasteiger partial charge is 0.162 e. The van der Waals surface area contributed by atoms with Crippen LogP contribution in [0.4, 0.5) is 8.78 Å². The molecule has 1 saturated heterocycles. The molecule has 0 aliphatic carbocycles. The molecule has 2 heterocycles. The summed E-state index contributed by atoms with van der Waals surface area (Å²) in [7, 11) is 3.53. The molecular weight excluding hydrogens is 264 g/mol. The van der Waals surface area contributed by atoms with E-state index in [1.807, 2.05) is 0 Å². The molecule has 2 bridgehead atoms. The quantitative estimate of drug-likeness (QED) is 0.831. The fraction of sp³-hybridized carbons (Fsp3) is 0.467. The zero-order valence-electron chi connectivity index (χ0n) is 11.5. The van der Waals surface area contributed by atoms with Gasteiger partial charge in [-0.15, -0.1) is 0 Å². The summed E-state index contributed by atoms with van der Waals surface area (Å²) in [5, 5.41) is 0. The maximum Gasteiger partial charge on any atom is 0.162 e. The molecule has 2 aliphatic rings. The van der Waals surface area contributed by atoms with Crippen LogP contribution in [0.25, 0.3) is 5.57 Å². The van der Waals surface area contributed by atoms with E-state index in [1.165, 1.54) is 13.2 Å². The number of benzene rings is 1. The average Bonchev–Trinajstić information content (AvgIpc) is 2.41. The molecule has 0 amide bonds. The molecule has 0 N–H and O–H groups in total. The number of rotatable bonds is 2. The van der Waals surface area contributed by atoms with Gasteiger partial charge in [-0.05, 0) is 25.1 Å². The van der Waals surface area contributed by atoms with E-state index >= 15 is 0 Å². The van der Waals surface area contributed by atoms with Gasteiger partial charge in [-0.25, -0.2) is 8.78 Å². The van der Waals surface area contributed by atoms with Crippen LogP contribution in [-0.4, -0.2) is 44.4 Å². The molecule has 3 rings (SSSR count). The summed E-state index contributed by atoms with van der Waals surface area (Å²) in [4.78, 5) is 2.26. The van der Waals surface area contributed by atoms with Crippen molar-refractivity contribution in [2.75, 3.05) is 27.4 Å². The Kier molecular flexibility index (Phi) is 3.48. The van der Waals surface area contributed by atoms with Crippen LogP contribution in [0, 0.1) is 11.6 Å². The van der Waals surface area contributed by atoms with Gasteiger partial charge < -0.3 is 9.47 Å². The predicted octanol–water partition coefficient (Wildman–Crippen LogP) is 2.46. The van der Waals surface area contributed by atoms with Gasteiger partial charge in [-0.3, -0.25) is 4.90 Å². The minimum absolute atomic E-state index is 0.176. The van der Waals surface area contributed by atoms with Crippen LogP contribution in [0.1, 0.15) is 12.0 Å². The number of hydrogen-bond acceptors (Lipinski definition) is 3. The second kappa shape index (κ2) is 5.14. The molecule has 0 radical (unpaired) electrons. The number of ether oxygens (including phenoxy) is 2. The molecule has 0 spiro atoms. The Bertz CT molecular complexity index is 559. The van der Waals surface area contributed by atoms with Gasteiger partial charge in [0.25, 0.3) is 0 Å². The lowest BCUT2D eigenvalue weighted by Crippen LogP contribution is -2.51. The van der Waals surface area contributed by atoms with Crippen LogP contribution in [0.15, 0.2) is 18.2 Å². The molecule has 0 saturated carbocycles. The largest absolute Gasteiger partial charge is 0.496 e. The first-order chi connectivity index (χ1) is 9.60. The summed E-state index contributed by atoms with van der Waals surface area (Å²) in [6, 6.07) is 2.78. The second-order valence-corrected chi connectivity index (χ2v) is 5.29. The SMILES string of the molecule is COc1cc(F)c(F)cc1C1=CC2COCC(C1)N2C. The van der Waals surface area contributed by atoms with Crippen molar-refractivity contribution >= 4 is 5.57 Å². The maximum atomic E-state index is 13.5. The summed E-state index contributed by atoms with van der Waals surface area (Å²) in [6.45, 7) is 1.29. The van der Waals surface area contributed by atoms with Crippen LogP contribution in [0.2, 0.25) is 0 Å². The molecule has 3 nitrogen and oxygen atoms in total. The number of hydrogen-bond donors (Lipinski definition) is 0. The molecule has 1 aromatic carbocycles. The molecule has 1 aromatic rings. The van der Waals surface area contributed by atoms with Gasteiger partial charge >= 0.3 is 0 Å². The van der Waals surface area contributed by atoms with E-state index in [2.05, 4.69) is 18.0 Å². The van der Waals surface area contributed by atoms with Crippen LogP contribution in [0.3, 0.4) is 0 Å². The summed E-state index contributed by atoms with van der Waals surface area (Å²) in [6.07, 6.45) is 2.80. The Morgan fingerprint density at radius 3 is 2.70 bits per heavy atom. The van der Waals surface area contributed by atoms with Gasteiger partial charge in [0.1, 0.15) is 5.75 Å². The number of methoxy groups -OCH3 is 1. The van der Waals surface area contributed by atoms with E-state index in [0.717, 1.165) is 18.1 Å². The molecular formula is C15H17F2NO2. The van der Waals surface area contributed by atoms with Gasteiger partial charge in [-0.1, -0.05) is 6.08 Å². The van der Waals surface area contributed by atoms with Crippen LogP contribution in [0.5, 0.6) is 5.75 Å². The van der Waals surface area contributed by atoms with Crippen LogP contribution >= 0.6 is 0 Å². The molecule has 1 fully saturated rings. The summed E-state index contributed by atoms with van der Waals surface area (Å²) >= 11 is 0. The van der Waals surface area contributed by atoms with E-state index < -0.39 is 11.6 Å². The van der Waals surface area contributed by atoms with Gasteiger partial charge in [-0.2, -0.15) is 0 Å². The number of nitrogens with zero attached hydrogens (tertiary/aromatic N) is 1. The lowest BCUT2D eigenvalue weighted by molar-refractivity contribution is -0.0221. The minimum Gasteiger partial charge on any atom is -0.496 e. The van der Waals surface area contributed by atoms with E-state index in [0.29, 0.717) is 24.5 Å². The number of morpholine rings is 1. The van der Waals surface area contributed by atoms with Gasteiger partial charge in [0.05, 0.1) is 26.4 Å². The van der Waals surface area contributed by atoms with Crippen molar-refractivity contribution in [1.29, 1.82) is 0 Å². The molecule has 0 aromatic heterocycles. The monoisotopic (exact) mass is 281 g/mol. The minimum atomic E-state index is -0.886. The average molecular weight is 281 g/mol. The van der Waals surface area contributed by atoms with Crippen LogP contribution < -0.4 is 4.74 Å². The first-order valence-corrected chi connectivity index (χ1v) is 6.64. The van der Waals surface area contributed by atoms with E-state index in [-0.39, 0.29) is 12.1 Å². The highest BCUT2D eigenvalue weighted by Crippen LogP contribution is 2.36. The third-order valence-electron chi connectivity index (χ3n) is 4.14. The highest BCUT2D eigenvalue weighted by Gasteiger charge is 2.33. The fourth-order valence-corrected chi connectivity index (χ4v) is 2.90. The Morgan fingerprint density at radius 1 is 1.25 bits per heavy atom.